The number of likely N-dealkylation sites (tertiary alicyclic amines) is 1. The number of nitrogens with zero attached hydrogens (tertiary/aromatic N) is 4. The molecule has 136 valence electrons. The Balaban J connectivity index is 1.87. The Labute approximate surface area is 152 Å². The molecule has 4 heterocycles. The van der Waals surface area contributed by atoms with Crippen LogP contribution in [0, 0.1) is 0 Å². The summed E-state index contributed by atoms with van der Waals surface area (Å²) in [7, 11) is 0. The van der Waals surface area contributed by atoms with Crippen molar-refractivity contribution in [1.82, 2.24) is 19.4 Å². The van der Waals surface area contributed by atoms with E-state index < -0.39 is 0 Å². The van der Waals surface area contributed by atoms with Gasteiger partial charge >= 0.3 is 0 Å². The molecular formula is C20H24N4O2. The Morgan fingerprint density at radius 3 is 2.35 bits per heavy atom. The third kappa shape index (κ3) is 3.16. The van der Waals surface area contributed by atoms with Crippen molar-refractivity contribution >= 4 is 5.91 Å². The predicted molar refractivity (Wildman–Crippen MR) is 99.0 cm³/mol. The molecule has 2 aliphatic heterocycles. The third-order valence-corrected chi connectivity index (χ3v) is 5.44. The molecule has 0 bridgehead atoms. The van der Waals surface area contributed by atoms with Gasteiger partial charge in [0.05, 0.1) is 5.56 Å². The topological polar surface area (TPSA) is 68.1 Å². The number of carbonyl (C=O) groups is 1. The largest absolute Gasteiger partial charge is 0.339 e. The zero-order chi connectivity index (χ0) is 17.9. The maximum Gasteiger partial charge on any atom is 0.256 e. The van der Waals surface area contributed by atoms with Crippen molar-refractivity contribution < 1.29 is 4.79 Å². The fourth-order valence-electron chi connectivity index (χ4n) is 4.10. The third-order valence-electron chi connectivity index (χ3n) is 5.44. The summed E-state index contributed by atoms with van der Waals surface area (Å²) in [5.74, 6) is 0.0522. The molecule has 0 N–H and O–H groups in total. The van der Waals surface area contributed by atoms with Crippen LogP contribution < -0.4 is 5.56 Å². The van der Waals surface area contributed by atoms with Crippen LogP contribution in [-0.2, 0) is 13.0 Å². The molecule has 26 heavy (non-hydrogen) atoms. The Hall–Kier alpha value is -2.50. The summed E-state index contributed by atoms with van der Waals surface area (Å²) in [4.78, 5) is 36.3. The molecule has 0 atom stereocenters. The highest BCUT2D eigenvalue weighted by molar-refractivity contribution is 6.01. The molecule has 6 nitrogen and oxygen atoms in total. The van der Waals surface area contributed by atoms with Crippen LogP contribution in [0.3, 0.4) is 0 Å². The predicted octanol–water partition coefficient (Wildman–Crippen LogP) is 2.66. The summed E-state index contributed by atoms with van der Waals surface area (Å²) in [6.07, 6.45) is 12.0. The molecule has 2 aliphatic rings. The molecule has 1 fully saturated rings. The second kappa shape index (κ2) is 7.40. The quantitative estimate of drug-likeness (QED) is 0.833. The lowest BCUT2D eigenvalue weighted by molar-refractivity contribution is 0.0759. The highest BCUT2D eigenvalue weighted by Crippen LogP contribution is 2.29. The molecule has 0 aromatic carbocycles. The van der Waals surface area contributed by atoms with E-state index >= 15 is 0 Å². The standard InChI is InChI=1S/C20H24N4O2/c25-18-11-16(15-12-21-14-22-13-15)19(17-7-3-6-10-24(17)18)20(26)23-8-4-1-2-5-9-23/h11-14H,1-10H2. The van der Waals surface area contributed by atoms with Crippen LogP contribution in [0.25, 0.3) is 11.1 Å². The van der Waals surface area contributed by atoms with Gasteiger partial charge < -0.3 is 9.47 Å². The van der Waals surface area contributed by atoms with Crippen LogP contribution in [0.1, 0.15) is 54.6 Å². The number of amides is 1. The zero-order valence-corrected chi connectivity index (χ0v) is 15.0. The first kappa shape index (κ1) is 16.9. The van der Waals surface area contributed by atoms with Crippen molar-refractivity contribution in [2.45, 2.75) is 51.5 Å². The first-order chi connectivity index (χ1) is 12.8. The maximum absolute atomic E-state index is 13.5. The van der Waals surface area contributed by atoms with Crippen molar-refractivity contribution in [1.29, 1.82) is 0 Å². The van der Waals surface area contributed by atoms with Gasteiger partial charge in [0, 0.05) is 54.9 Å². The summed E-state index contributed by atoms with van der Waals surface area (Å²) in [6, 6.07) is 1.60. The highest BCUT2D eigenvalue weighted by Gasteiger charge is 2.27. The number of aromatic nitrogens is 3. The lowest BCUT2D eigenvalue weighted by atomic mass is 9.95. The summed E-state index contributed by atoms with van der Waals surface area (Å²) in [5.41, 5.74) is 2.94. The molecule has 2 aromatic rings. The van der Waals surface area contributed by atoms with E-state index in [1.807, 2.05) is 4.90 Å². The normalized spacial score (nSPS) is 17.5. The smallest absolute Gasteiger partial charge is 0.256 e. The number of pyridine rings is 1. The Morgan fingerprint density at radius 1 is 0.923 bits per heavy atom. The number of hydrogen-bond acceptors (Lipinski definition) is 4. The summed E-state index contributed by atoms with van der Waals surface area (Å²) in [6.45, 7) is 2.28. The van der Waals surface area contributed by atoms with E-state index in [9.17, 15) is 9.59 Å². The zero-order valence-electron chi connectivity index (χ0n) is 15.0. The molecule has 6 heteroatoms. The molecule has 0 saturated carbocycles. The lowest BCUT2D eigenvalue weighted by Gasteiger charge is -2.27. The van der Waals surface area contributed by atoms with E-state index in [1.165, 1.54) is 19.2 Å². The summed E-state index contributed by atoms with van der Waals surface area (Å²) in [5, 5.41) is 0. The van der Waals surface area contributed by atoms with E-state index in [0.717, 1.165) is 56.5 Å². The van der Waals surface area contributed by atoms with Gasteiger partial charge in [-0.25, -0.2) is 9.97 Å². The average molecular weight is 352 g/mol. The Kier molecular flexibility index (Phi) is 4.82. The maximum atomic E-state index is 13.5. The van der Waals surface area contributed by atoms with E-state index in [-0.39, 0.29) is 11.5 Å². The van der Waals surface area contributed by atoms with Crippen LogP contribution in [0.15, 0.2) is 29.6 Å². The molecule has 0 radical (unpaired) electrons. The van der Waals surface area contributed by atoms with E-state index in [4.69, 9.17) is 0 Å². The van der Waals surface area contributed by atoms with Crippen LogP contribution >= 0.6 is 0 Å². The van der Waals surface area contributed by atoms with Gasteiger partial charge in [-0.2, -0.15) is 0 Å². The van der Waals surface area contributed by atoms with Crippen molar-refractivity contribution in [3.8, 4) is 11.1 Å². The minimum atomic E-state index is -0.0361. The van der Waals surface area contributed by atoms with Gasteiger partial charge in [0.25, 0.3) is 11.5 Å². The van der Waals surface area contributed by atoms with Gasteiger partial charge in [-0.1, -0.05) is 12.8 Å². The summed E-state index contributed by atoms with van der Waals surface area (Å²) < 4.78 is 1.79. The second-order valence-electron chi connectivity index (χ2n) is 7.16. The number of carbonyl (C=O) groups excluding carboxylic acids is 1. The summed E-state index contributed by atoms with van der Waals surface area (Å²) >= 11 is 0. The van der Waals surface area contributed by atoms with Gasteiger partial charge in [-0.05, 0) is 32.1 Å². The van der Waals surface area contributed by atoms with Crippen molar-refractivity contribution in [2.24, 2.45) is 0 Å². The molecule has 0 spiro atoms. The molecule has 4 rings (SSSR count). The minimum Gasteiger partial charge on any atom is -0.339 e. The lowest BCUT2D eigenvalue weighted by Crippen LogP contribution is -2.36. The van der Waals surface area contributed by atoms with Gasteiger partial charge in [-0.15, -0.1) is 0 Å². The molecule has 1 amide bonds. The second-order valence-corrected chi connectivity index (χ2v) is 7.16. The monoisotopic (exact) mass is 352 g/mol. The molecular weight excluding hydrogens is 328 g/mol. The van der Waals surface area contributed by atoms with Gasteiger partial charge in [0.1, 0.15) is 6.33 Å². The average Bonchev–Trinajstić information content (AvgIpc) is 2.98. The molecule has 0 aliphatic carbocycles. The van der Waals surface area contributed by atoms with E-state index in [0.29, 0.717) is 17.7 Å². The molecule has 0 unspecified atom stereocenters. The van der Waals surface area contributed by atoms with Crippen LogP contribution in [0.5, 0.6) is 0 Å². The van der Waals surface area contributed by atoms with Crippen molar-refractivity contribution in [3.63, 3.8) is 0 Å². The molecule has 1 saturated heterocycles. The molecule has 2 aromatic heterocycles. The number of hydrogen-bond donors (Lipinski definition) is 0. The first-order valence-electron chi connectivity index (χ1n) is 9.57. The van der Waals surface area contributed by atoms with E-state index in [1.54, 1.807) is 23.0 Å². The van der Waals surface area contributed by atoms with E-state index in [2.05, 4.69) is 9.97 Å². The van der Waals surface area contributed by atoms with Crippen LogP contribution in [0.2, 0.25) is 0 Å². The van der Waals surface area contributed by atoms with Gasteiger partial charge in [0.2, 0.25) is 0 Å². The first-order valence-corrected chi connectivity index (χ1v) is 9.57. The number of fused-ring (bicyclic) bond motifs is 1. The van der Waals surface area contributed by atoms with Gasteiger partial charge in [0.15, 0.2) is 0 Å². The minimum absolute atomic E-state index is 0.0361. The fraction of sp³-hybridized carbons (Fsp3) is 0.500. The SMILES string of the molecule is O=C(c1c(-c2cncnc2)cc(=O)n2c1CCCC2)N1CCCCCC1. The highest BCUT2D eigenvalue weighted by atomic mass is 16.2. The fourth-order valence-corrected chi connectivity index (χ4v) is 4.10. The van der Waals surface area contributed by atoms with Crippen LogP contribution in [-0.4, -0.2) is 38.4 Å². The Morgan fingerprint density at radius 2 is 1.62 bits per heavy atom. The Bertz CT molecular complexity index is 852. The van der Waals surface area contributed by atoms with Crippen molar-refractivity contribution in [2.75, 3.05) is 13.1 Å². The van der Waals surface area contributed by atoms with Crippen molar-refractivity contribution in [3.05, 3.63) is 46.4 Å². The van der Waals surface area contributed by atoms with Crippen LogP contribution in [0.4, 0.5) is 0 Å². The number of rotatable bonds is 2. The van der Waals surface area contributed by atoms with Gasteiger partial charge in [-0.3, -0.25) is 9.59 Å².